The van der Waals surface area contributed by atoms with Crippen molar-refractivity contribution in [1.82, 2.24) is 0 Å². The molecule has 1 unspecified atom stereocenters. The zero-order valence-electron chi connectivity index (χ0n) is 17.4. The first-order valence-electron chi connectivity index (χ1n) is 10.1. The number of ether oxygens (including phenoxy) is 1. The highest BCUT2D eigenvalue weighted by atomic mass is 16.5. The number of carbonyl (C=O) groups is 2. The van der Waals surface area contributed by atoms with Crippen LogP contribution in [0.1, 0.15) is 50.2 Å². The van der Waals surface area contributed by atoms with Gasteiger partial charge in [0.2, 0.25) is 5.91 Å². The van der Waals surface area contributed by atoms with Crippen molar-refractivity contribution in [3.63, 3.8) is 0 Å². The number of anilines is 1. The maximum atomic E-state index is 13.3. The quantitative estimate of drug-likeness (QED) is 0.747. The van der Waals surface area contributed by atoms with E-state index >= 15 is 0 Å². The Kier molecular flexibility index (Phi) is 4.95. The number of amides is 1. The maximum absolute atomic E-state index is 13.3. The molecule has 1 atom stereocenters. The van der Waals surface area contributed by atoms with Crippen molar-refractivity contribution in [2.45, 2.75) is 39.0 Å². The Labute approximate surface area is 176 Å². The van der Waals surface area contributed by atoms with Crippen molar-refractivity contribution in [2.75, 3.05) is 12.0 Å². The fraction of sp³-hybridized carbons (Fsp3) is 0.320. The molecule has 1 amide bonds. The Hall–Kier alpha value is -3.39. The molecule has 0 saturated heterocycles. The van der Waals surface area contributed by atoms with Gasteiger partial charge in [0.25, 0.3) is 0 Å². The lowest BCUT2D eigenvalue weighted by molar-refractivity contribution is -0.121. The summed E-state index contributed by atoms with van der Waals surface area (Å²) in [6, 6.07) is 16.7. The van der Waals surface area contributed by atoms with Crippen LogP contribution in [0.25, 0.3) is 0 Å². The number of allylic oxidation sites excluding steroid dienone is 2. The van der Waals surface area contributed by atoms with E-state index in [2.05, 4.69) is 19.9 Å². The van der Waals surface area contributed by atoms with Gasteiger partial charge in [-0.25, -0.2) is 0 Å². The standard InChI is InChI=1S/C25H24N2O3/c1-25(2)13-21-24(22(28)14-25)20(17-6-10-19(30-3)11-7-17)12-23(29)27(21)18-8-4-16(15-26)5-9-18/h4-11,20H,12-14H2,1-3H3. The van der Waals surface area contributed by atoms with E-state index in [1.165, 1.54) is 0 Å². The number of rotatable bonds is 3. The molecule has 30 heavy (non-hydrogen) atoms. The van der Waals surface area contributed by atoms with Gasteiger partial charge in [0.1, 0.15) is 5.75 Å². The van der Waals surface area contributed by atoms with Crippen molar-refractivity contribution in [3.05, 3.63) is 70.9 Å². The average molecular weight is 400 g/mol. The van der Waals surface area contributed by atoms with Gasteiger partial charge in [-0.3, -0.25) is 14.5 Å². The maximum Gasteiger partial charge on any atom is 0.232 e. The van der Waals surface area contributed by atoms with Gasteiger partial charge >= 0.3 is 0 Å². The van der Waals surface area contributed by atoms with Gasteiger partial charge in [-0.05, 0) is 53.8 Å². The minimum atomic E-state index is -0.253. The van der Waals surface area contributed by atoms with Gasteiger partial charge in [-0.1, -0.05) is 26.0 Å². The van der Waals surface area contributed by atoms with Gasteiger partial charge in [0, 0.05) is 35.7 Å². The molecular weight excluding hydrogens is 376 g/mol. The molecule has 4 rings (SSSR count). The molecule has 2 aliphatic rings. The summed E-state index contributed by atoms with van der Waals surface area (Å²) in [4.78, 5) is 28.3. The van der Waals surface area contributed by atoms with Crippen LogP contribution in [0.2, 0.25) is 0 Å². The fourth-order valence-electron chi connectivity index (χ4n) is 4.52. The summed E-state index contributed by atoms with van der Waals surface area (Å²) < 4.78 is 5.25. The number of ketones is 1. The Bertz CT molecular complexity index is 1070. The van der Waals surface area contributed by atoms with Gasteiger partial charge < -0.3 is 4.74 Å². The molecule has 0 N–H and O–H groups in total. The molecule has 2 aromatic carbocycles. The second-order valence-electron chi connectivity index (χ2n) is 8.72. The van der Waals surface area contributed by atoms with Crippen molar-refractivity contribution in [2.24, 2.45) is 5.41 Å². The molecule has 1 heterocycles. The lowest BCUT2D eigenvalue weighted by atomic mass is 9.69. The molecule has 0 radical (unpaired) electrons. The Balaban J connectivity index is 1.85. The number of nitrogens with zero attached hydrogens (tertiary/aromatic N) is 2. The van der Waals surface area contributed by atoms with Gasteiger partial charge in [-0.15, -0.1) is 0 Å². The number of nitriles is 1. The molecule has 0 aromatic heterocycles. The summed E-state index contributed by atoms with van der Waals surface area (Å²) in [5.74, 6) is 0.556. The minimum Gasteiger partial charge on any atom is -0.497 e. The Morgan fingerprint density at radius 3 is 2.30 bits per heavy atom. The van der Waals surface area contributed by atoms with E-state index in [-0.39, 0.29) is 29.4 Å². The number of methoxy groups -OCH3 is 1. The van der Waals surface area contributed by atoms with Gasteiger partial charge in [0.15, 0.2) is 5.78 Å². The number of benzene rings is 2. The summed E-state index contributed by atoms with van der Waals surface area (Å²) in [7, 11) is 1.61. The van der Waals surface area contributed by atoms with E-state index in [4.69, 9.17) is 10.00 Å². The monoisotopic (exact) mass is 400 g/mol. The molecular formula is C25H24N2O3. The lowest BCUT2D eigenvalue weighted by Gasteiger charge is -2.43. The summed E-state index contributed by atoms with van der Waals surface area (Å²) in [6.07, 6.45) is 1.34. The highest BCUT2D eigenvalue weighted by molar-refractivity contribution is 6.07. The first-order valence-corrected chi connectivity index (χ1v) is 10.1. The number of hydrogen-bond acceptors (Lipinski definition) is 4. The van der Waals surface area contributed by atoms with Crippen LogP contribution in [0.4, 0.5) is 5.69 Å². The fourth-order valence-corrected chi connectivity index (χ4v) is 4.52. The molecule has 1 aliphatic heterocycles. The van der Waals surface area contributed by atoms with Gasteiger partial charge in [-0.2, -0.15) is 5.26 Å². The molecule has 0 spiro atoms. The summed E-state index contributed by atoms with van der Waals surface area (Å²) in [5.41, 5.74) is 3.49. The average Bonchev–Trinajstić information content (AvgIpc) is 2.72. The van der Waals surface area contributed by atoms with Crippen LogP contribution in [0.5, 0.6) is 5.75 Å². The SMILES string of the molecule is COc1ccc(C2CC(=O)N(c3ccc(C#N)cc3)C3=C2C(=O)CC(C)(C)C3)cc1. The zero-order valence-corrected chi connectivity index (χ0v) is 17.4. The summed E-state index contributed by atoms with van der Waals surface area (Å²) in [6.45, 7) is 4.13. The topological polar surface area (TPSA) is 70.4 Å². The predicted octanol–water partition coefficient (Wildman–Crippen LogP) is 4.73. The van der Waals surface area contributed by atoms with E-state index in [0.717, 1.165) is 22.6 Å². The lowest BCUT2D eigenvalue weighted by Crippen LogP contribution is -2.43. The molecule has 0 fully saturated rings. The molecule has 2 aromatic rings. The van der Waals surface area contributed by atoms with Crippen molar-refractivity contribution < 1.29 is 14.3 Å². The van der Waals surface area contributed by atoms with E-state index in [0.29, 0.717) is 24.1 Å². The van der Waals surface area contributed by atoms with Crippen LogP contribution >= 0.6 is 0 Å². The molecule has 1 aliphatic carbocycles. The molecule has 0 saturated carbocycles. The second kappa shape index (κ2) is 7.46. The van der Waals surface area contributed by atoms with Crippen LogP contribution in [0.15, 0.2) is 59.8 Å². The Morgan fingerprint density at radius 1 is 1.03 bits per heavy atom. The highest BCUT2D eigenvalue weighted by Crippen LogP contribution is 2.48. The normalized spacial score (nSPS) is 20.6. The van der Waals surface area contributed by atoms with Crippen LogP contribution in [-0.4, -0.2) is 18.8 Å². The van der Waals surface area contributed by atoms with Gasteiger partial charge in [0.05, 0.1) is 18.7 Å². The van der Waals surface area contributed by atoms with Crippen LogP contribution in [0, 0.1) is 16.7 Å². The number of hydrogen-bond donors (Lipinski definition) is 0. The Morgan fingerprint density at radius 2 is 1.70 bits per heavy atom. The third-order valence-corrected chi connectivity index (χ3v) is 5.92. The number of carbonyl (C=O) groups excluding carboxylic acids is 2. The first kappa shape index (κ1) is 19.9. The summed E-state index contributed by atoms with van der Waals surface area (Å²) in [5, 5.41) is 9.09. The highest BCUT2D eigenvalue weighted by Gasteiger charge is 2.44. The molecule has 152 valence electrons. The smallest absolute Gasteiger partial charge is 0.232 e. The van der Waals surface area contributed by atoms with Crippen LogP contribution in [-0.2, 0) is 9.59 Å². The van der Waals surface area contributed by atoms with E-state index in [1.54, 1.807) is 36.3 Å². The third kappa shape index (κ3) is 3.50. The van der Waals surface area contributed by atoms with E-state index < -0.39 is 0 Å². The van der Waals surface area contributed by atoms with E-state index in [1.807, 2.05) is 24.3 Å². The minimum absolute atomic E-state index is 0.0372. The summed E-state index contributed by atoms with van der Waals surface area (Å²) >= 11 is 0. The largest absolute Gasteiger partial charge is 0.497 e. The van der Waals surface area contributed by atoms with Crippen molar-refractivity contribution >= 4 is 17.4 Å². The second-order valence-corrected chi connectivity index (χ2v) is 8.72. The molecule has 5 heteroatoms. The molecule has 5 nitrogen and oxygen atoms in total. The van der Waals surface area contributed by atoms with Crippen LogP contribution < -0.4 is 9.64 Å². The molecule has 0 bridgehead atoms. The first-order chi connectivity index (χ1) is 14.3. The van der Waals surface area contributed by atoms with Crippen molar-refractivity contribution in [3.8, 4) is 11.8 Å². The zero-order chi connectivity index (χ0) is 21.5. The number of Topliss-reactive ketones (excluding diaryl/α,β-unsaturated/α-hetero) is 1. The van der Waals surface area contributed by atoms with E-state index in [9.17, 15) is 9.59 Å². The van der Waals surface area contributed by atoms with Crippen LogP contribution in [0.3, 0.4) is 0 Å². The third-order valence-electron chi connectivity index (χ3n) is 5.92. The predicted molar refractivity (Wildman–Crippen MR) is 114 cm³/mol. The van der Waals surface area contributed by atoms with Crippen molar-refractivity contribution in [1.29, 1.82) is 5.26 Å².